The normalized spacial score (nSPS) is 33.1. The maximum Gasteiger partial charge on any atom is 0.242 e. The predicted octanol–water partition coefficient (Wildman–Crippen LogP) is -2.17. The smallest absolute Gasteiger partial charge is 0.242 e. The van der Waals surface area contributed by atoms with Crippen molar-refractivity contribution in [2.45, 2.75) is 43.7 Å². The zero-order chi connectivity index (χ0) is 14.1. The van der Waals surface area contributed by atoms with E-state index in [0.717, 1.165) is 18.9 Å². The van der Waals surface area contributed by atoms with E-state index < -0.39 is 6.04 Å². The highest BCUT2D eigenvalue weighted by molar-refractivity contribution is 5.91. The number of carbonyl (C=O) groups is 2. The van der Waals surface area contributed by atoms with Gasteiger partial charge < -0.3 is 26.4 Å². The van der Waals surface area contributed by atoms with Gasteiger partial charge >= 0.3 is 0 Å². The van der Waals surface area contributed by atoms with Crippen molar-refractivity contribution in [1.29, 1.82) is 0 Å². The number of hydrogen-bond donors (Lipinski definition) is 4. The van der Waals surface area contributed by atoms with Crippen molar-refractivity contribution < 1.29 is 14.3 Å². The number of hydrogen-bond acceptors (Lipinski definition) is 6. The third-order valence-electron chi connectivity index (χ3n) is 3.75. The molecule has 3 aliphatic heterocycles. The molecule has 0 aliphatic carbocycles. The summed E-state index contributed by atoms with van der Waals surface area (Å²) in [5.74, 6) is 0.610. The average molecular weight is 281 g/mol. The largest absolute Gasteiger partial charge is 0.372 e. The minimum absolute atomic E-state index is 0.0806. The Kier molecular flexibility index (Phi) is 3.58. The van der Waals surface area contributed by atoms with E-state index in [1.807, 2.05) is 0 Å². The summed E-state index contributed by atoms with van der Waals surface area (Å²) in [6, 6.07) is -0.655. The molecule has 8 nitrogen and oxygen atoms in total. The molecule has 0 aromatic heterocycles. The number of rotatable bonds is 5. The zero-order valence-corrected chi connectivity index (χ0v) is 11.1. The van der Waals surface area contributed by atoms with Gasteiger partial charge in [0, 0.05) is 19.4 Å². The molecule has 5 N–H and O–H groups in total. The first-order valence-electron chi connectivity index (χ1n) is 6.91. The molecule has 3 rings (SSSR count). The van der Waals surface area contributed by atoms with Gasteiger partial charge in [-0.3, -0.25) is 14.6 Å². The van der Waals surface area contributed by atoms with Crippen molar-refractivity contribution in [2.24, 2.45) is 10.7 Å². The molecule has 3 heterocycles. The number of aliphatic imine (C=N–C) groups is 1. The monoisotopic (exact) mass is 281 g/mol. The van der Waals surface area contributed by atoms with Crippen LogP contribution in [0.3, 0.4) is 0 Å². The summed E-state index contributed by atoms with van der Waals surface area (Å²) in [6.45, 7) is 1.58. The standard InChI is InChI=1S/C12H19N5O3/c13-11-10(20-11)7(5-8-14-3-4-15-8)17-12(19)6-1-2-9(18)16-6/h6-7,10-11H,1-5,13H2,(H,14,15)(H,16,18)(H,17,19)/t6-,7-,10?,11?/m0/s1. The number of epoxide rings is 1. The van der Waals surface area contributed by atoms with Gasteiger partial charge in [-0.25, -0.2) is 0 Å². The summed E-state index contributed by atoms with van der Waals surface area (Å²) in [5.41, 5.74) is 5.69. The number of amides is 2. The van der Waals surface area contributed by atoms with Crippen LogP contribution in [0.25, 0.3) is 0 Å². The Morgan fingerprint density at radius 1 is 1.60 bits per heavy atom. The third kappa shape index (κ3) is 2.91. The van der Waals surface area contributed by atoms with Crippen LogP contribution in [0.2, 0.25) is 0 Å². The van der Waals surface area contributed by atoms with Crippen LogP contribution >= 0.6 is 0 Å². The van der Waals surface area contributed by atoms with Gasteiger partial charge in [-0.1, -0.05) is 0 Å². The molecule has 20 heavy (non-hydrogen) atoms. The fourth-order valence-corrected chi connectivity index (χ4v) is 2.60. The minimum Gasteiger partial charge on any atom is -0.372 e. The lowest BCUT2D eigenvalue weighted by Gasteiger charge is -2.19. The van der Waals surface area contributed by atoms with Gasteiger partial charge in [-0.05, 0) is 6.42 Å². The number of nitrogens with two attached hydrogens (primary N) is 1. The molecule has 2 saturated heterocycles. The topological polar surface area (TPSA) is 121 Å². The number of nitrogens with one attached hydrogen (secondary N) is 3. The lowest BCUT2D eigenvalue weighted by atomic mass is 10.1. The lowest BCUT2D eigenvalue weighted by molar-refractivity contribution is -0.126. The highest BCUT2D eigenvalue weighted by Gasteiger charge is 2.44. The predicted molar refractivity (Wildman–Crippen MR) is 70.9 cm³/mol. The van der Waals surface area contributed by atoms with E-state index in [4.69, 9.17) is 10.5 Å². The van der Waals surface area contributed by atoms with Crippen LogP contribution in [-0.2, 0) is 14.3 Å². The molecule has 0 spiro atoms. The number of ether oxygens (including phenoxy) is 1. The second-order valence-electron chi connectivity index (χ2n) is 5.30. The summed E-state index contributed by atoms with van der Waals surface area (Å²) in [6.07, 6.45) is 0.997. The SMILES string of the molecule is NC1OC1[C@H](CC1=NCCN1)NC(=O)[C@@H]1CCC(=O)N1. The van der Waals surface area contributed by atoms with Crippen molar-refractivity contribution in [3.8, 4) is 0 Å². The van der Waals surface area contributed by atoms with Crippen LogP contribution in [0.1, 0.15) is 19.3 Å². The minimum atomic E-state index is -0.446. The van der Waals surface area contributed by atoms with Crippen LogP contribution in [-0.4, -0.2) is 55.2 Å². The summed E-state index contributed by atoms with van der Waals surface area (Å²) >= 11 is 0. The summed E-state index contributed by atoms with van der Waals surface area (Å²) in [7, 11) is 0. The Balaban J connectivity index is 1.58. The van der Waals surface area contributed by atoms with E-state index in [9.17, 15) is 9.59 Å². The molecular weight excluding hydrogens is 262 g/mol. The van der Waals surface area contributed by atoms with Gasteiger partial charge in [-0.2, -0.15) is 0 Å². The molecule has 4 atom stereocenters. The highest BCUT2D eigenvalue weighted by atomic mass is 16.6. The molecule has 8 heteroatoms. The Morgan fingerprint density at radius 2 is 2.40 bits per heavy atom. The van der Waals surface area contributed by atoms with E-state index in [-0.39, 0.29) is 30.2 Å². The Labute approximate surface area is 116 Å². The lowest BCUT2D eigenvalue weighted by Crippen LogP contribution is -2.49. The van der Waals surface area contributed by atoms with Gasteiger partial charge in [0.15, 0.2) is 0 Å². The van der Waals surface area contributed by atoms with E-state index in [0.29, 0.717) is 19.3 Å². The van der Waals surface area contributed by atoms with Crippen molar-refractivity contribution >= 4 is 17.6 Å². The first kappa shape index (κ1) is 13.3. The Bertz CT molecular complexity index is 452. The van der Waals surface area contributed by atoms with E-state index in [2.05, 4.69) is 20.9 Å². The molecule has 0 aromatic carbocycles. The first-order chi connectivity index (χ1) is 9.63. The van der Waals surface area contributed by atoms with Gasteiger partial charge in [0.25, 0.3) is 0 Å². The highest BCUT2D eigenvalue weighted by Crippen LogP contribution is 2.23. The maximum absolute atomic E-state index is 12.1. The maximum atomic E-state index is 12.1. The average Bonchev–Trinajstić information content (AvgIpc) is 2.85. The van der Waals surface area contributed by atoms with Crippen LogP contribution < -0.4 is 21.7 Å². The molecule has 2 fully saturated rings. The van der Waals surface area contributed by atoms with Crippen LogP contribution in [0.15, 0.2) is 4.99 Å². The number of amidine groups is 1. The Morgan fingerprint density at radius 3 is 2.95 bits per heavy atom. The first-order valence-corrected chi connectivity index (χ1v) is 6.91. The second-order valence-corrected chi connectivity index (χ2v) is 5.30. The van der Waals surface area contributed by atoms with E-state index in [1.165, 1.54) is 0 Å². The van der Waals surface area contributed by atoms with Crippen molar-refractivity contribution in [3.63, 3.8) is 0 Å². The number of carbonyl (C=O) groups excluding carboxylic acids is 2. The molecule has 110 valence electrons. The van der Waals surface area contributed by atoms with Crippen LogP contribution in [0, 0.1) is 0 Å². The van der Waals surface area contributed by atoms with Gasteiger partial charge in [0.1, 0.15) is 18.4 Å². The molecular formula is C12H19N5O3. The van der Waals surface area contributed by atoms with Crippen molar-refractivity contribution in [1.82, 2.24) is 16.0 Å². The fourth-order valence-electron chi connectivity index (χ4n) is 2.60. The van der Waals surface area contributed by atoms with Crippen molar-refractivity contribution in [2.75, 3.05) is 13.1 Å². The molecule has 0 bridgehead atoms. The molecule has 0 radical (unpaired) electrons. The summed E-state index contributed by atoms with van der Waals surface area (Å²) in [5, 5.41) is 8.74. The molecule has 0 saturated carbocycles. The fraction of sp³-hybridized carbons (Fsp3) is 0.750. The summed E-state index contributed by atoms with van der Waals surface area (Å²) < 4.78 is 5.27. The van der Waals surface area contributed by atoms with Gasteiger partial charge in [0.05, 0.1) is 18.4 Å². The molecule has 2 amide bonds. The van der Waals surface area contributed by atoms with Crippen molar-refractivity contribution in [3.05, 3.63) is 0 Å². The number of nitrogens with zero attached hydrogens (tertiary/aromatic N) is 1. The van der Waals surface area contributed by atoms with E-state index in [1.54, 1.807) is 0 Å². The van der Waals surface area contributed by atoms with E-state index >= 15 is 0 Å². The molecule has 2 unspecified atom stereocenters. The zero-order valence-electron chi connectivity index (χ0n) is 11.1. The third-order valence-corrected chi connectivity index (χ3v) is 3.75. The quantitative estimate of drug-likeness (QED) is 0.427. The second kappa shape index (κ2) is 5.37. The van der Waals surface area contributed by atoms with Gasteiger partial charge in [0.2, 0.25) is 11.8 Å². The van der Waals surface area contributed by atoms with Crippen LogP contribution in [0.4, 0.5) is 0 Å². The van der Waals surface area contributed by atoms with Gasteiger partial charge in [-0.15, -0.1) is 0 Å². The van der Waals surface area contributed by atoms with Crippen LogP contribution in [0.5, 0.6) is 0 Å². The Hall–Kier alpha value is -1.67. The molecule has 0 aromatic rings. The summed E-state index contributed by atoms with van der Waals surface area (Å²) in [4.78, 5) is 27.6. The molecule has 3 aliphatic rings.